The van der Waals surface area contributed by atoms with Gasteiger partial charge >= 0.3 is 0 Å². The molecule has 0 heterocycles. The van der Waals surface area contributed by atoms with Gasteiger partial charge in [0.05, 0.1) is 0 Å². The second-order valence-corrected chi connectivity index (χ2v) is 6.83. The Balaban J connectivity index is 2.43. The largest absolute Gasteiger partial charge is 0.0651 e. The van der Waals surface area contributed by atoms with Gasteiger partial charge in [-0.1, -0.05) is 66.7 Å². The maximum atomic E-state index is 2.46. The van der Waals surface area contributed by atoms with Gasteiger partial charge in [0.1, 0.15) is 0 Å². The molecule has 0 N–H and O–H groups in total. The van der Waals surface area contributed by atoms with Gasteiger partial charge < -0.3 is 0 Å². The quantitative estimate of drug-likeness (QED) is 0.517. The summed E-state index contributed by atoms with van der Waals surface area (Å²) in [5.41, 5.74) is 0. The summed E-state index contributed by atoms with van der Waals surface area (Å²) < 4.78 is 0. The molecule has 0 aliphatic heterocycles. The second kappa shape index (κ2) is 7.44. The lowest BCUT2D eigenvalue weighted by Crippen LogP contribution is -2.17. The summed E-state index contributed by atoms with van der Waals surface area (Å²) >= 11 is 0. The van der Waals surface area contributed by atoms with Gasteiger partial charge in [0.25, 0.3) is 0 Å². The third-order valence-electron chi connectivity index (χ3n) is 5.42. The lowest BCUT2D eigenvalue weighted by Gasteiger charge is -2.27. The predicted octanol–water partition coefficient (Wildman–Crippen LogP) is 5.91. The third kappa shape index (κ3) is 4.64. The lowest BCUT2D eigenvalue weighted by atomic mass is 9.79. The molecule has 0 bridgehead atoms. The molecule has 102 valence electrons. The van der Waals surface area contributed by atoms with E-state index in [0.717, 1.165) is 29.6 Å². The van der Waals surface area contributed by atoms with E-state index in [4.69, 9.17) is 0 Å². The molecule has 0 radical (unpaired) electrons. The Kier molecular flexibility index (Phi) is 6.59. The second-order valence-electron chi connectivity index (χ2n) is 6.83. The van der Waals surface area contributed by atoms with Crippen LogP contribution in [0.15, 0.2) is 0 Å². The smallest absolute Gasteiger partial charge is 0.0383 e. The first-order valence-corrected chi connectivity index (χ1v) is 8.08. The topological polar surface area (TPSA) is 0 Å². The Morgan fingerprint density at radius 2 is 1.41 bits per heavy atom. The van der Waals surface area contributed by atoms with Crippen molar-refractivity contribution in [3.63, 3.8) is 0 Å². The van der Waals surface area contributed by atoms with Crippen LogP contribution >= 0.6 is 0 Å². The summed E-state index contributed by atoms with van der Waals surface area (Å²) in [6, 6.07) is 0. The molecule has 3 unspecified atom stereocenters. The molecule has 0 aromatic heterocycles. The van der Waals surface area contributed by atoms with Gasteiger partial charge in [-0.2, -0.15) is 0 Å². The van der Waals surface area contributed by atoms with E-state index in [1.807, 2.05) is 0 Å². The van der Waals surface area contributed by atoms with E-state index in [9.17, 15) is 0 Å². The Morgan fingerprint density at radius 1 is 0.882 bits per heavy atom. The van der Waals surface area contributed by atoms with Gasteiger partial charge in [-0.25, -0.2) is 0 Å². The summed E-state index contributed by atoms with van der Waals surface area (Å²) in [4.78, 5) is 0. The van der Waals surface area contributed by atoms with Crippen molar-refractivity contribution in [1.82, 2.24) is 0 Å². The molecule has 0 amide bonds. The van der Waals surface area contributed by atoms with E-state index in [-0.39, 0.29) is 0 Å². The number of rotatable bonds is 7. The predicted molar refractivity (Wildman–Crippen MR) is 78.1 cm³/mol. The van der Waals surface area contributed by atoms with Gasteiger partial charge in [0.2, 0.25) is 0 Å². The molecule has 0 aromatic carbocycles. The standard InChI is InChI=1S/C17H34/c1-6-15(7-2)12-17-10-8-9-16(17)11-14(5)13(3)4/h13-17H,6-12H2,1-5H3. The van der Waals surface area contributed by atoms with E-state index < -0.39 is 0 Å². The number of hydrogen-bond donors (Lipinski definition) is 0. The van der Waals surface area contributed by atoms with E-state index in [1.54, 1.807) is 0 Å². The maximum Gasteiger partial charge on any atom is -0.0383 e. The van der Waals surface area contributed by atoms with Crippen LogP contribution in [-0.4, -0.2) is 0 Å². The van der Waals surface area contributed by atoms with Crippen LogP contribution in [0, 0.1) is 29.6 Å². The first-order valence-electron chi connectivity index (χ1n) is 8.08. The lowest BCUT2D eigenvalue weighted by molar-refractivity contribution is 0.234. The van der Waals surface area contributed by atoms with Crippen LogP contribution in [0.3, 0.4) is 0 Å². The molecule has 1 aliphatic carbocycles. The molecule has 3 atom stereocenters. The molecule has 0 heteroatoms. The summed E-state index contributed by atoms with van der Waals surface area (Å²) in [6.07, 6.45) is 10.3. The summed E-state index contributed by atoms with van der Waals surface area (Å²) in [5, 5.41) is 0. The summed E-state index contributed by atoms with van der Waals surface area (Å²) in [7, 11) is 0. The zero-order valence-electron chi connectivity index (χ0n) is 12.8. The minimum Gasteiger partial charge on any atom is -0.0651 e. The van der Waals surface area contributed by atoms with E-state index in [0.29, 0.717) is 0 Å². The molecular weight excluding hydrogens is 204 g/mol. The minimum atomic E-state index is 0.865. The molecule has 0 nitrogen and oxygen atoms in total. The van der Waals surface area contributed by atoms with Gasteiger partial charge in [-0.3, -0.25) is 0 Å². The van der Waals surface area contributed by atoms with Crippen LogP contribution in [0.5, 0.6) is 0 Å². The fourth-order valence-electron chi connectivity index (χ4n) is 3.53. The highest BCUT2D eigenvalue weighted by Gasteiger charge is 2.30. The monoisotopic (exact) mass is 238 g/mol. The van der Waals surface area contributed by atoms with Crippen molar-refractivity contribution < 1.29 is 0 Å². The van der Waals surface area contributed by atoms with E-state index >= 15 is 0 Å². The molecular formula is C17H34. The van der Waals surface area contributed by atoms with Crippen LogP contribution in [0.25, 0.3) is 0 Å². The van der Waals surface area contributed by atoms with Crippen LogP contribution in [0.2, 0.25) is 0 Å². The highest BCUT2D eigenvalue weighted by Crippen LogP contribution is 2.41. The highest BCUT2D eigenvalue weighted by molar-refractivity contribution is 4.81. The van der Waals surface area contributed by atoms with Crippen molar-refractivity contribution >= 4 is 0 Å². The zero-order chi connectivity index (χ0) is 12.8. The van der Waals surface area contributed by atoms with Gasteiger partial charge in [-0.15, -0.1) is 0 Å². The summed E-state index contributed by atoms with van der Waals surface area (Å²) in [5.74, 6) is 4.88. The van der Waals surface area contributed by atoms with Crippen molar-refractivity contribution in [3.05, 3.63) is 0 Å². The van der Waals surface area contributed by atoms with E-state index in [1.165, 1.54) is 44.9 Å². The molecule has 17 heavy (non-hydrogen) atoms. The van der Waals surface area contributed by atoms with Crippen molar-refractivity contribution in [2.24, 2.45) is 29.6 Å². The minimum absolute atomic E-state index is 0.865. The fourth-order valence-corrected chi connectivity index (χ4v) is 3.53. The Morgan fingerprint density at radius 3 is 1.88 bits per heavy atom. The van der Waals surface area contributed by atoms with Crippen LogP contribution in [0.1, 0.15) is 79.6 Å². The molecule has 1 aliphatic rings. The maximum absolute atomic E-state index is 2.46. The van der Waals surface area contributed by atoms with Crippen LogP contribution in [-0.2, 0) is 0 Å². The molecule has 1 saturated carbocycles. The Bertz CT molecular complexity index is 180. The van der Waals surface area contributed by atoms with Crippen molar-refractivity contribution in [2.45, 2.75) is 79.6 Å². The number of hydrogen-bond acceptors (Lipinski definition) is 0. The average molecular weight is 238 g/mol. The third-order valence-corrected chi connectivity index (χ3v) is 5.42. The average Bonchev–Trinajstić information content (AvgIpc) is 2.73. The van der Waals surface area contributed by atoms with Crippen molar-refractivity contribution in [3.8, 4) is 0 Å². The molecule has 1 rings (SSSR count). The summed E-state index contributed by atoms with van der Waals surface area (Å²) in [6.45, 7) is 12.0. The van der Waals surface area contributed by atoms with Crippen LogP contribution < -0.4 is 0 Å². The first-order chi connectivity index (χ1) is 8.08. The van der Waals surface area contributed by atoms with Gasteiger partial charge in [0.15, 0.2) is 0 Å². The van der Waals surface area contributed by atoms with Crippen molar-refractivity contribution in [2.75, 3.05) is 0 Å². The van der Waals surface area contributed by atoms with Gasteiger partial charge in [0, 0.05) is 0 Å². The van der Waals surface area contributed by atoms with Crippen LogP contribution in [0.4, 0.5) is 0 Å². The first kappa shape index (κ1) is 15.1. The van der Waals surface area contributed by atoms with E-state index in [2.05, 4.69) is 34.6 Å². The highest BCUT2D eigenvalue weighted by atomic mass is 14.4. The molecule has 0 aromatic rings. The molecule has 1 fully saturated rings. The Labute approximate surface area is 110 Å². The SMILES string of the molecule is CCC(CC)CC1CCCC1CC(C)C(C)C. The molecule has 0 saturated heterocycles. The Hall–Kier alpha value is 0. The fraction of sp³-hybridized carbons (Fsp3) is 1.00. The van der Waals surface area contributed by atoms with Crippen molar-refractivity contribution in [1.29, 1.82) is 0 Å². The molecule has 0 spiro atoms. The van der Waals surface area contributed by atoms with Gasteiger partial charge in [-0.05, 0) is 42.4 Å². The normalized spacial score (nSPS) is 27.0. The zero-order valence-corrected chi connectivity index (χ0v) is 12.8.